The van der Waals surface area contributed by atoms with Gasteiger partial charge in [-0.1, -0.05) is 48.5 Å². The summed E-state index contributed by atoms with van der Waals surface area (Å²) in [7, 11) is 4.62. The van der Waals surface area contributed by atoms with E-state index in [-0.39, 0.29) is 6.61 Å². The Kier molecular flexibility index (Phi) is 7.48. The molecule has 0 unspecified atom stereocenters. The molecule has 0 atom stereocenters. The van der Waals surface area contributed by atoms with Crippen molar-refractivity contribution in [2.45, 2.75) is 0 Å². The van der Waals surface area contributed by atoms with E-state index < -0.39 is 5.91 Å². The number of hydrogen-bond donors (Lipinski definition) is 1. The first-order chi connectivity index (χ1) is 15.2. The van der Waals surface area contributed by atoms with Crippen molar-refractivity contribution in [2.24, 2.45) is 5.10 Å². The highest BCUT2D eigenvalue weighted by Gasteiger charge is 2.11. The van der Waals surface area contributed by atoms with Crippen molar-refractivity contribution in [3.63, 3.8) is 0 Å². The van der Waals surface area contributed by atoms with E-state index in [4.69, 9.17) is 18.9 Å². The third-order valence-corrected chi connectivity index (χ3v) is 4.46. The van der Waals surface area contributed by atoms with Crippen molar-refractivity contribution in [3.8, 4) is 34.1 Å². The Morgan fingerprint density at radius 1 is 0.839 bits per heavy atom. The molecule has 0 saturated carbocycles. The van der Waals surface area contributed by atoms with Crippen LogP contribution in [0.3, 0.4) is 0 Å². The standard InChI is InChI=1S/C24H24N2O5/c1-28-21-14-23(30-3)22(29-2)13-18(21)15-25-26-24(27)16-31-20-12-8-7-11-19(20)17-9-5-4-6-10-17/h4-15H,16H2,1-3H3,(H,26,27)/b25-15+. The average Bonchev–Trinajstić information content (AvgIpc) is 2.83. The lowest BCUT2D eigenvalue weighted by Gasteiger charge is -2.12. The van der Waals surface area contributed by atoms with E-state index in [0.29, 0.717) is 28.6 Å². The van der Waals surface area contributed by atoms with Crippen molar-refractivity contribution < 1.29 is 23.7 Å². The van der Waals surface area contributed by atoms with Crippen molar-refractivity contribution in [1.29, 1.82) is 0 Å². The number of para-hydroxylation sites is 1. The van der Waals surface area contributed by atoms with Crippen LogP contribution in [0.1, 0.15) is 5.56 Å². The number of ether oxygens (including phenoxy) is 4. The third-order valence-electron chi connectivity index (χ3n) is 4.46. The lowest BCUT2D eigenvalue weighted by Crippen LogP contribution is -2.24. The van der Waals surface area contributed by atoms with Gasteiger partial charge in [-0.05, 0) is 17.7 Å². The van der Waals surface area contributed by atoms with E-state index in [1.165, 1.54) is 20.4 Å². The molecule has 0 aliphatic heterocycles. The van der Waals surface area contributed by atoms with E-state index in [9.17, 15) is 4.79 Å². The van der Waals surface area contributed by atoms with E-state index >= 15 is 0 Å². The highest BCUT2D eigenvalue weighted by atomic mass is 16.5. The number of methoxy groups -OCH3 is 3. The molecule has 0 bridgehead atoms. The molecule has 3 rings (SSSR count). The smallest absolute Gasteiger partial charge is 0.277 e. The van der Waals surface area contributed by atoms with Crippen LogP contribution < -0.4 is 24.4 Å². The van der Waals surface area contributed by atoms with Crippen LogP contribution in [0.25, 0.3) is 11.1 Å². The zero-order chi connectivity index (χ0) is 22.1. The summed E-state index contributed by atoms with van der Waals surface area (Å²) >= 11 is 0. The van der Waals surface area contributed by atoms with E-state index in [1.807, 2.05) is 54.6 Å². The number of hydrogen-bond acceptors (Lipinski definition) is 6. The first-order valence-electron chi connectivity index (χ1n) is 9.55. The Morgan fingerprint density at radius 3 is 2.19 bits per heavy atom. The Bertz CT molecular complexity index is 1050. The Balaban J connectivity index is 1.64. The summed E-state index contributed by atoms with van der Waals surface area (Å²) in [6.07, 6.45) is 1.47. The van der Waals surface area contributed by atoms with Gasteiger partial charge in [0.25, 0.3) is 5.91 Å². The highest BCUT2D eigenvalue weighted by molar-refractivity contribution is 5.87. The second-order valence-electron chi connectivity index (χ2n) is 6.39. The molecule has 1 amide bonds. The van der Waals surface area contributed by atoms with Gasteiger partial charge in [0.2, 0.25) is 0 Å². The Hall–Kier alpha value is -4.00. The molecule has 1 N–H and O–H groups in total. The Morgan fingerprint density at radius 2 is 1.48 bits per heavy atom. The summed E-state index contributed by atoms with van der Waals surface area (Å²) in [6, 6.07) is 20.8. The molecule has 160 valence electrons. The van der Waals surface area contributed by atoms with Gasteiger partial charge in [0.1, 0.15) is 11.5 Å². The normalized spacial score (nSPS) is 10.5. The molecule has 7 nitrogen and oxygen atoms in total. The van der Waals surface area contributed by atoms with Gasteiger partial charge < -0.3 is 18.9 Å². The van der Waals surface area contributed by atoms with Gasteiger partial charge in [-0.25, -0.2) is 5.43 Å². The summed E-state index contributed by atoms with van der Waals surface area (Å²) in [5, 5.41) is 3.99. The van der Waals surface area contributed by atoms with Crippen LogP contribution in [-0.4, -0.2) is 40.1 Å². The quantitative estimate of drug-likeness (QED) is 0.420. The fourth-order valence-corrected chi connectivity index (χ4v) is 2.95. The van der Waals surface area contributed by atoms with Gasteiger partial charge in [0, 0.05) is 17.2 Å². The van der Waals surface area contributed by atoms with Gasteiger partial charge in [-0.2, -0.15) is 5.10 Å². The van der Waals surface area contributed by atoms with Gasteiger partial charge >= 0.3 is 0 Å². The molecule has 0 fully saturated rings. The van der Waals surface area contributed by atoms with Crippen LogP contribution in [-0.2, 0) is 4.79 Å². The summed E-state index contributed by atoms with van der Waals surface area (Å²) < 4.78 is 21.6. The molecule has 0 heterocycles. The molecule has 0 aromatic heterocycles. The van der Waals surface area contributed by atoms with Crippen LogP contribution in [0.5, 0.6) is 23.0 Å². The molecule has 0 spiro atoms. The molecular weight excluding hydrogens is 396 g/mol. The van der Waals surface area contributed by atoms with E-state index in [2.05, 4.69) is 10.5 Å². The van der Waals surface area contributed by atoms with Gasteiger partial charge in [0.05, 0.1) is 27.5 Å². The van der Waals surface area contributed by atoms with Gasteiger partial charge in [-0.3, -0.25) is 4.79 Å². The summed E-state index contributed by atoms with van der Waals surface area (Å²) in [5.41, 5.74) is 5.00. The fourth-order valence-electron chi connectivity index (χ4n) is 2.95. The van der Waals surface area contributed by atoms with Crippen molar-refractivity contribution in [3.05, 3.63) is 72.3 Å². The highest BCUT2D eigenvalue weighted by Crippen LogP contribution is 2.33. The monoisotopic (exact) mass is 420 g/mol. The maximum absolute atomic E-state index is 12.2. The third kappa shape index (κ3) is 5.54. The van der Waals surface area contributed by atoms with Crippen molar-refractivity contribution in [2.75, 3.05) is 27.9 Å². The minimum absolute atomic E-state index is 0.176. The van der Waals surface area contributed by atoms with Crippen LogP contribution in [0.15, 0.2) is 71.8 Å². The molecule has 0 saturated heterocycles. The maximum atomic E-state index is 12.2. The number of nitrogens with zero attached hydrogens (tertiary/aromatic N) is 1. The largest absolute Gasteiger partial charge is 0.496 e. The minimum atomic E-state index is -0.390. The maximum Gasteiger partial charge on any atom is 0.277 e. The second-order valence-corrected chi connectivity index (χ2v) is 6.39. The minimum Gasteiger partial charge on any atom is -0.496 e. The van der Waals surface area contributed by atoms with Crippen molar-refractivity contribution >= 4 is 12.1 Å². The number of carbonyl (C=O) groups excluding carboxylic acids is 1. The molecular formula is C24H24N2O5. The molecule has 3 aromatic rings. The van der Waals surface area contributed by atoms with Crippen LogP contribution in [0, 0.1) is 0 Å². The zero-order valence-corrected chi connectivity index (χ0v) is 17.6. The number of carbonyl (C=O) groups is 1. The zero-order valence-electron chi connectivity index (χ0n) is 17.6. The van der Waals surface area contributed by atoms with Crippen LogP contribution in [0.4, 0.5) is 0 Å². The molecule has 31 heavy (non-hydrogen) atoms. The molecule has 7 heteroatoms. The molecule has 0 aliphatic rings. The number of hydrazone groups is 1. The number of nitrogens with one attached hydrogen (secondary N) is 1. The molecule has 3 aromatic carbocycles. The van der Waals surface area contributed by atoms with E-state index in [0.717, 1.165) is 11.1 Å². The summed E-state index contributed by atoms with van der Waals surface area (Å²) in [4.78, 5) is 12.2. The predicted molar refractivity (Wildman–Crippen MR) is 119 cm³/mol. The van der Waals surface area contributed by atoms with Crippen LogP contribution >= 0.6 is 0 Å². The lowest BCUT2D eigenvalue weighted by molar-refractivity contribution is -0.123. The average molecular weight is 420 g/mol. The van der Waals surface area contributed by atoms with Crippen LogP contribution in [0.2, 0.25) is 0 Å². The predicted octanol–water partition coefficient (Wildman–Crippen LogP) is 3.91. The van der Waals surface area contributed by atoms with Crippen molar-refractivity contribution in [1.82, 2.24) is 5.43 Å². The fraction of sp³-hybridized carbons (Fsp3) is 0.167. The van der Waals surface area contributed by atoms with Gasteiger partial charge in [-0.15, -0.1) is 0 Å². The SMILES string of the molecule is COc1cc(OC)c(OC)cc1/C=N/NC(=O)COc1ccccc1-c1ccccc1. The van der Waals surface area contributed by atoms with Gasteiger partial charge in [0.15, 0.2) is 18.1 Å². The summed E-state index contributed by atoms with van der Waals surface area (Å²) in [6.45, 7) is -0.176. The second kappa shape index (κ2) is 10.7. The lowest BCUT2D eigenvalue weighted by atomic mass is 10.1. The topological polar surface area (TPSA) is 78.4 Å². The number of rotatable bonds is 9. The number of amides is 1. The Labute approximate surface area is 181 Å². The molecule has 0 aliphatic carbocycles. The first kappa shape index (κ1) is 21.7. The molecule has 0 radical (unpaired) electrons. The summed E-state index contributed by atoms with van der Waals surface area (Å²) in [5.74, 6) is 1.82. The number of benzene rings is 3. The first-order valence-corrected chi connectivity index (χ1v) is 9.55. The van der Waals surface area contributed by atoms with E-state index in [1.54, 1.807) is 19.2 Å².